The fourth-order valence-corrected chi connectivity index (χ4v) is 3.27. The smallest absolute Gasteiger partial charge is 0.242 e. The highest BCUT2D eigenvalue weighted by Gasteiger charge is 2.28. The molecular formula is C24H31FN2O3. The van der Waals surface area contributed by atoms with Gasteiger partial charge in [0.15, 0.2) is 0 Å². The topological polar surface area (TPSA) is 58.6 Å². The number of carbonyl (C=O) groups excluding carboxylic acids is 2. The molecule has 0 saturated heterocycles. The fraction of sp³-hybridized carbons (Fsp3) is 0.417. The van der Waals surface area contributed by atoms with E-state index in [0.29, 0.717) is 24.3 Å². The lowest BCUT2D eigenvalue weighted by Crippen LogP contribution is -2.49. The summed E-state index contributed by atoms with van der Waals surface area (Å²) >= 11 is 0. The summed E-state index contributed by atoms with van der Waals surface area (Å²) in [6.07, 6.45) is 2.47. The molecule has 0 aliphatic rings. The van der Waals surface area contributed by atoms with Crippen LogP contribution < -0.4 is 10.1 Å². The van der Waals surface area contributed by atoms with Crippen LogP contribution in [0.4, 0.5) is 4.39 Å². The Labute approximate surface area is 178 Å². The largest absolute Gasteiger partial charge is 0.497 e. The minimum Gasteiger partial charge on any atom is -0.497 e. The molecule has 2 aromatic carbocycles. The van der Waals surface area contributed by atoms with Crippen molar-refractivity contribution in [3.05, 3.63) is 65.5 Å². The summed E-state index contributed by atoms with van der Waals surface area (Å²) in [5.41, 5.74) is 1.58. The molecule has 2 amide bonds. The number of rotatable bonds is 11. The zero-order valence-electron chi connectivity index (χ0n) is 18.0. The SMILES string of the molecule is CCCCNC(=O)C(CC)N(Cc1cccc(OC)c1)C(=O)Cc1ccc(F)cc1. The predicted molar refractivity (Wildman–Crippen MR) is 116 cm³/mol. The number of hydrogen-bond donors (Lipinski definition) is 1. The molecule has 2 rings (SSSR count). The van der Waals surface area contributed by atoms with Crippen molar-refractivity contribution in [3.63, 3.8) is 0 Å². The average molecular weight is 415 g/mol. The molecule has 30 heavy (non-hydrogen) atoms. The van der Waals surface area contributed by atoms with Crippen LogP contribution in [0.1, 0.15) is 44.2 Å². The molecule has 0 fully saturated rings. The lowest BCUT2D eigenvalue weighted by atomic mass is 10.1. The molecule has 0 heterocycles. The molecular weight excluding hydrogens is 383 g/mol. The third kappa shape index (κ3) is 6.87. The maximum Gasteiger partial charge on any atom is 0.242 e. The molecule has 0 spiro atoms. The predicted octanol–water partition coefficient (Wildman–Crippen LogP) is 4.10. The van der Waals surface area contributed by atoms with Crippen LogP contribution in [0.25, 0.3) is 0 Å². The van der Waals surface area contributed by atoms with E-state index in [1.807, 2.05) is 31.2 Å². The number of halogens is 1. The van der Waals surface area contributed by atoms with Crippen LogP contribution in [-0.2, 0) is 22.6 Å². The third-order valence-electron chi connectivity index (χ3n) is 4.97. The number of nitrogens with one attached hydrogen (secondary N) is 1. The molecule has 0 radical (unpaired) electrons. The van der Waals surface area contributed by atoms with Gasteiger partial charge in [-0.25, -0.2) is 4.39 Å². The van der Waals surface area contributed by atoms with Gasteiger partial charge in [-0.3, -0.25) is 9.59 Å². The molecule has 1 N–H and O–H groups in total. The van der Waals surface area contributed by atoms with Crippen LogP contribution in [0, 0.1) is 5.82 Å². The van der Waals surface area contributed by atoms with Crippen molar-refractivity contribution < 1.29 is 18.7 Å². The summed E-state index contributed by atoms with van der Waals surface area (Å²) in [6, 6.07) is 12.7. The Bertz CT molecular complexity index is 823. The number of ether oxygens (including phenoxy) is 1. The van der Waals surface area contributed by atoms with Gasteiger partial charge in [-0.15, -0.1) is 0 Å². The molecule has 0 aliphatic heterocycles. The molecule has 0 aliphatic carbocycles. The van der Waals surface area contributed by atoms with Gasteiger partial charge in [0.25, 0.3) is 0 Å². The van der Waals surface area contributed by atoms with Crippen molar-refractivity contribution in [1.29, 1.82) is 0 Å². The maximum atomic E-state index is 13.2. The van der Waals surface area contributed by atoms with Gasteiger partial charge >= 0.3 is 0 Å². The summed E-state index contributed by atoms with van der Waals surface area (Å²) < 4.78 is 18.5. The summed E-state index contributed by atoms with van der Waals surface area (Å²) in [6.45, 7) is 4.83. The minimum absolute atomic E-state index is 0.100. The molecule has 0 bridgehead atoms. The van der Waals surface area contributed by atoms with E-state index >= 15 is 0 Å². The van der Waals surface area contributed by atoms with E-state index in [1.165, 1.54) is 12.1 Å². The normalized spacial score (nSPS) is 11.6. The van der Waals surface area contributed by atoms with Gasteiger partial charge in [-0.1, -0.05) is 44.5 Å². The molecule has 2 aromatic rings. The first kappa shape index (κ1) is 23.4. The highest BCUT2D eigenvalue weighted by molar-refractivity contribution is 5.88. The van der Waals surface area contributed by atoms with Crippen LogP contribution in [0.15, 0.2) is 48.5 Å². The fourth-order valence-electron chi connectivity index (χ4n) is 3.27. The van der Waals surface area contributed by atoms with E-state index in [4.69, 9.17) is 4.74 Å². The number of hydrogen-bond acceptors (Lipinski definition) is 3. The van der Waals surface area contributed by atoms with E-state index in [2.05, 4.69) is 12.2 Å². The Morgan fingerprint density at radius 2 is 1.83 bits per heavy atom. The van der Waals surface area contributed by atoms with E-state index in [-0.39, 0.29) is 30.6 Å². The van der Waals surface area contributed by atoms with Gasteiger partial charge in [-0.05, 0) is 48.2 Å². The summed E-state index contributed by atoms with van der Waals surface area (Å²) in [5, 5.41) is 2.94. The van der Waals surface area contributed by atoms with E-state index in [0.717, 1.165) is 18.4 Å². The standard InChI is InChI=1S/C24H31FN2O3/c1-4-6-14-26-24(29)22(5-2)27(17-19-8-7-9-21(15-19)30-3)23(28)16-18-10-12-20(25)13-11-18/h7-13,15,22H,4-6,14,16-17H2,1-3H3,(H,26,29). The van der Waals surface area contributed by atoms with Crippen LogP contribution >= 0.6 is 0 Å². The number of methoxy groups -OCH3 is 1. The first-order valence-corrected chi connectivity index (χ1v) is 10.4. The number of amides is 2. The van der Waals surface area contributed by atoms with Gasteiger partial charge in [-0.2, -0.15) is 0 Å². The van der Waals surface area contributed by atoms with E-state index in [1.54, 1.807) is 24.1 Å². The Balaban J connectivity index is 2.25. The van der Waals surface area contributed by atoms with Crippen LogP contribution in [-0.4, -0.2) is 36.4 Å². The van der Waals surface area contributed by atoms with Gasteiger partial charge in [0.05, 0.1) is 13.5 Å². The zero-order valence-corrected chi connectivity index (χ0v) is 18.0. The highest BCUT2D eigenvalue weighted by Crippen LogP contribution is 2.18. The van der Waals surface area contributed by atoms with E-state index < -0.39 is 6.04 Å². The highest BCUT2D eigenvalue weighted by atomic mass is 19.1. The lowest BCUT2D eigenvalue weighted by molar-refractivity contribution is -0.140. The number of unbranched alkanes of at least 4 members (excludes halogenated alkanes) is 1. The van der Waals surface area contributed by atoms with Crippen molar-refractivity contribution in [2.45, 2.75) is 52.1 Å². The average Bonchev–Trinajstić information content (AvgIpc) is 2.75. The Morgan fingerprint density at radius 1 is 1.10 bits per heavy atom. The minimum atomic E-state index is -0.582. The quantitative estimate of drug-likeness (QED) is 0.563. The van der Waals surface area contributed by atoms with Crippen LogP contribution in [0.3, 0.4) is 0 Å². The van der Waals surface area contributed by atoms with Gasteiger partial charge in [0.1, 0.15) is 17.6 Å². The first-order valence-electron chi connectivity index (χ1n) is 10.4. The molecule has 5 nitrogen and oxygen atoms in total. The van der Waals surface area contributed by atoms with Crippen molar-refractivity contribution in [2.75, 3.05) is 13.7 Å². The number of nitrogens with zero attached hydrogens (tertiary/aromatic N) is 1. The Hall–Kier alpha value is -2.89. The van der Waals surface area contributed by atoms with Crippen LogP contribution in [0.5, 0.6) is 5.75 Å². The molecule has 1 atom stereocenters. The number of carbonyl (C=O) groups is 2. The molecule has 0 saturated carbocycles. The molecule has 1 unspecified atom stereocenters. The number of benzene rings is 2. The van der Waals surface area contributed by atoms with Crippen molar-refractivity contribution in [3.8, 4) is 5.75 Å². The Morgan fingerprint density at radius 3 is 2.47 bits per heavy atom. The summed E-state index contributed by atoms with van der Waals surface area (Å²) in [7, 11) is 1.59. The van der Waals surface area contributed by atoms with Crippen molar-refractivity contribution in [1.82, 2.24) is 10.2 Å². The summed E-state index contributed by atoms with van der Waals surface area (Å²) in [4.78, 5) is 27.6. The monoisotopic (exact) mass is 414 g/mol. The lowest BCUT2D eigenvalue weighted by Gasteiger charge is -2.31. The molecule has 6 heteroatoms. The molecule has 162 valence electrons. The van der Waals surface area contributed by atoms with E-state index in [9.17, 15) is 14.0 Å². The zero-order chi connectivity index (χ0) is 21.9. The third-order valence-corrected chi connectivity index (χ3v) is 4.97. The second kappa shape index (κ2) is 12.0. The van der Waals surface area contributed by atoms with Gasteiger partial charge in [0, 0.05) is 13.1 Å². The second-order valence-electron chi connectivity index (χ2n) is 7.25. The first-order chi connectivity index (χ1) is 14.5. The Kier molecular flexibility index (Phi) is 9.32. The molecule has 0 aromatic heterocycles. The van der Waals surface area contributed by atoms with Gasteiger partial charge in [0.2, 0.25) is 11.8 Å². The maximum absolute atomic E-state index is 13.2. The van der Waals surface area contributed by atoms with Gasteiger partial charge < -0.3 is 15.0 Å². The van der Waals surface area contributed by atoms with Crippen molar-refractivity contribution >= 4 is 11.8 Å². The summed E-state index contributed by atoms with van der Waals surface area (Å²) in [5.74, 6) is 0.0169. The second-order valence-corrected chi connectivity index (χ2v) is 7.25. The van der Waals surface area contributed by atoms with Crippen LogP contribution in [0.2, 0.25) is 0 Å². The van der Waals surface area contributed by atoms with Crippen molar-refractivity contribution in [2.24, 2.45) is 0 Å².